The number of nitrogens with zero attached hydrogens (tertiary/aromatic N) is 4. The largest absolute Gasteiger partial charge is 0.371 e. The lowest BCUT2D eigenvalue weighted by Crippen LogP contribution is -2.32. The Bertz CT molecular complexity index is 889. The molecule has 1 fully saturated rings. The second-order valence-corrected chi connectivity index (χ2v) is 6.35. The fraction of sp³-hybridized carbons (Fsp3) is 0.316. The van der Waals surface area contributed by atoms with Crippen molar-refractivity contribution in [3.8, 4) is 0 Å². The van der Waals surface area contributed by atoms with E-state index in [1.54, 1.807) is 12.4 Å². The summed E-state index contributed by atoms with van der Waals surface area (Å²) >= 11 is 0. The van der Waals surface area contributed by atoms with Gasteiger partial charge in [0.25, 0.3) is 0 Å². The number of carbonyl (C=O) groups excluding carboxylic acids is 1. The maximum Gasteiger partial charge on any atom is 0.227 e. The molecular formula is C19H21N5O. The number of rotatable bonds is 4. The van der Waals surface area contributed by atoms with Crippen molar-refractivity contribution >= 4 is 17.2 Å². The first-order valence-electron chi connectivity index (χ1n) is 8.60. The van der Waals surface area contributed by atoms with Crippen molar-refractivity contribution in [2.24, 2.45) is 0 Å². The van der Waals surface area contributed by atoms with Crippen molar-refractivity contribution in [2.45, 2.75) is 25.3 Å². The van der Waals surface area contributed by atoms with E-state index >= 15 is 0 Å². The molecule has 25 heavy (non-hydrogen) atoms. The summed E-state index contributed by atoms with van der Waals surface area (Å²) in [4.78, 5) is 23.6. The van der Waals surface area contributed by atoms with E-state index in [0.717, 1.165) is 42.0 Å². The van der Waals surface area contributed by atoms with Gasteiger partial charge in [0.15, 0.2) is 0 Å². The highest BCUT2D eigenvalue weighted by molar-refractivity contribution is 5.79. The summed E-state index contributed by atoms with van der Waals surface area (Å²) < 4.78 is 2.07. The number of anilines is 1. The van der Waals surface area contributed by atoms with E-state index in [4.69, 9.17) is 4.98 Å². The Labute approximate surface area is 146 Å². The zero-order chi connectivity index (χ0) is 17.2. The number of pyridine rings is 1. The molecule has 3 aromatic heterocycles. The molecule has 0 saturated carbocycles. The van der Waals surface area contributed by atoms with Crippen LogP contribution < -0.4 is 5.32 Å². The second-order valence-electron chi connectivity index (χ2n) is 6.35. The molecule has 1 N–H and O–H groups in total. The molecule has 3 aromatic rings. The molecule has 0 spiro atoms. The lowest BCUT2D eigenvalue weighted by molar-refractivity contribution is -0.131. The molecule has 0 aromatic carbocycles. The molecule has 6 nitrogen and oxygen atoms in total. The van der Waals surface area contributed by atoms with Crippen molar-refractivity contribution in [1.82, 2.24) is 19.3 Å². The predicted octanol–water partition coefficient (Wildman–Crippen LogP) is 2.68. The van der Waals surface area contributed by atoms with Gasteiger partial charge in [-0.15, -0.1) is 0 Å². The minimum absolute atomic E-state index is 0.0306. The minimum atomic E-state index is 0.0306. The lowest BCUT2D eigenvalue weighted by Gasteiger charge is -2.25. The van der Waals surface area contributed by atoms with Crippen LogP contribution >= 0.6 is 0 Å². The van der Waals surface area contributed by atoms with Crippen molar-refractivity contribution in [2.75, 3.05) is 18.9 Å². The van der Waals surface area contributed by atoms with Crippen LogP contribution in [0.15, 0.2) is 49.1 Å². The van der Waals surface area contributed by atoms with Gasteiger partial charge < -0.3 is 14.6 Å². The fourth-order valence-electron chi connectivity index (χ4n) is 3.56. The molecule has 6 heteroatoms. The van der Waals surface area contributed by atoms with Gasteiger partial charge in [0.2, 0.25) is 5.91 Å². The highest BCUT2D eigenvalue weighted by Crippen LogP contribution is 2.32. The standard InChI is InChI=1S/C19H21N5O/c1-20-19-17-7-3-9-23(17)13-15(22-19)16-6-4-10-24(16)18(25)11-14-5-2-8-21-12-14/h2-3,5,7-9,12-13,16H,4,6,10-11H2,1H3,(H,20,22)/t16-/m1/s1. The van der Waals surface area contributed by atoms with E-state index in [1.807, 2.05) is 48.6 Å². The maximum absolute atomic E-state index is 12.8. The number of hydrogen-bond donors (Lipinski definition) is 1. The summed E-state index contributed by atoms with van der Waals surface area (Å²) in [7, 11) is 1.87. The molecule has 0 radical (unpaired) electrons. The van der Waals surface area contributed by atoms with Crippen LogP contribution in [0, 0.1) is 0 Å². The van der Waals surface area contributed by atoms with Crippen LogP contribution in [-0.2, 0) is 11.2 Å². The fourth-order valence-corrected chi connectivity index (χ4v) is 3.56. The Morgan fingerprint density at radius 3 is 3.08 bits per heavy atom. The summed E-state index contributed by atoms with van der Waals surface area (Å²) in [5.41, 5.74) is 2.92. The summed E-state index contributed by atoms with van der Waals surface area (Å²) in [5, 5.41) is 3.16. The first-order chi connectivity index (χ1) is 12.3. The Morgan fingerprint density at radius 1 is 1.36 bits per heavy atom. The molecule has 4 heterocycles. The molecule has 0 unspecified atom stereocenters. The zero-order valence-electron chi connectivity index (χ0n) is 14.2. The van der Waals surface area contributed by atoms with Crippen LogP contribution in [0.1, 0.15) is 30.1 Å². The molecular weight excluding hydrogens is 314 g/mol. The first kappa shape index (κ1) is 15.6. The SMILES string of the molecule is CNc1nc([C@H]2CCCN2C(=O)Cc2cccnc2)cn2cccc12. The summed E-state index contributed by atoms with van der Waals surface area (Å²) in [6.45, 7) is 0.782. The van der Waals surface area contributed by atoms with Gasteiger partial charge >= 0.3 is 0 Å². The quantitative estimate of drug-likeness (QED) is 0.796. The Balaban J connectivity index is 1.62. The average Bonchev–Trinajstić information content (AvgIpc) is 3.30. The van der Waals surface area contributed by atoms with E-state index in [-0.39, 0.29) is 11.9 Å². The Kier molecular flexibility index (Phi) is 4.09. The maximum atomic E-state index is 12.8. The molecule has 1 aliphatic rings. The third kappa shape index (κ3) is 2.95. The third-order valence-corrected chi connectivity index (χ3v) is 4.76. The molecule has 1 aliphatic heterocycles. The smallest absolute Gasteiger partial charge is 0.227 e. The predicted molar refractivity (Wildman–Crippen MR) is 96.4 cm³/mol. The monoisotopic (exact) mass is 335 g/mol. The highest BCUT2D eigenvalue weighted by Gasteiger charge is 2.31. The van der Waals surface area contributed by atoms with Crippen molar-refractivity contribution < 1.29 is 4.79 Å². The van der Waals surface area contributed by atoms with Crippen LogP contribution in [-0.4, -0.2) is 38.8 Å². The van der Waals surface area contributed by atoms with E-state index in [2.05, 4.69) is 14.7 Å². The van der Waals surface area contributed by atoms with Crippen LogP contribution in [0.5, 0.6) is 0 Å². The molecule has 0 bridgehead atoms. The van der Waals surface area contributed by atoms with Gasteiger partial charge in [-0.3, -0.25) is 9.78 Å². The van der Waals surface area contributed by atoms with Crippen molar-refractivity contribution in [3.63, 3.8) is 0 Å². The number of carbonyl (C=O) groups is 1. The normalized spacial score (nSPS) is 17.2. The number of fused-ring (bicyclic) bond motifs is 1. The van der Waals surface area contributed by atoms with Gasteiger partial charge in [-0.1, -0.05) is 6.07 Å². The number of amides is 1. The minimum Gasteiger partial charge on any atom is -0.371 e. The van der Waals surface area contributed by atoms with Gasteiger partial charge in [-0.25, -0.2) is 4.98 Å². The van der Waals surface area contributed by atoms with Gasteiger partial charge in [0.05, 0.1) is 23.7 Å². The number of likely N-dealkylation sites (tertiary alicyclic amines) is 1. The lowest BCUT2D eigenvalue weighted by atomic mass is 10.1. The number of aromatic nitrogens is 3. The Morgan fingerprint density at radius 2 is 2.28 bits per heavy atom. The molecule has 1 amide bonds. The summed E-state index contributed by atoms with van der Waals surface area (Å²) in [6, 6.07) is 7.87. The molecule has 1 atom stereocenters. The van der Waals surface area contributed by atoms with E-state index in [1.165, 1.54) is 0 Å². The molecule has 4 rings (SSSR count). The van der Waals surface area contributed by atoms with Crippen LogP contribution in [0.3, 0.4) is 0 Å². The van der Waals surface area contributed by atoms with Crippen molar-refractivity contribution in [3.05, 3.63) is 60.3 Å². The summed E-state index contributed by atoms with van der Waals surface area (Å²) in [5.74, 6) is 0.977. The van der Waals surface area contributed by atoms with Crippen LogP contribution in [0.2, 0.25) is 0 Å². The van der Waals surface area contributed by atoms with Gasteiger partial charge in [0.1, 0.15) is 5.82 Å². The van der Waals surface area contributed by atoms with Gasteiger partial charge in [-0.05, 0) is 36.6 Å². The molecule has 128 valence electrons. The van der Waals surface area contributed by atoms with E-state index in [9.17, 15) is 4.79 Å². The van der Waals surface area contributed by atoms with Crippen LogP contribution in [0.25, 0.3) is 5.52 Å². The third-order valence-electron chi connectivity index (χ3n) is 4.76. The average molecular weight is 335 g/mol. The van der Waals surface area contributed by atoms with E-state index in [0.29, 0.717) is 6.42 Å². The van der Waals surface area contributed by atoms with Gasteiger partial charge in [0, 0.05) is 38.4 Å². The molecule has 1 saturated heterocycles. The van der Waals surface area contributed by atoms with E-state index < -0.39 is 0 Å². The highest BCUT2D eigenvalue weighted by atomic mass is 16.2. The van der Waals surface area contributed by atoms with Crippen molar-refractivity contribution in [1.29, 1.82) is 0 Å². The first-order valence-corrected chi connectivity index (χ1v) is 8.60. The Hall–Kier alpha value is -2.89. The van der Waals surface area contributed by atoms with Gasteiger partial charge in [-0.2, -0.15) is 0 Å². The van der Waals surface area contributed by atoms with Crippen LogP contribution in [0.4, 0.5) is 5.82 Å². The number of hydrogen-bond acceptors (Lipinski definition) is 4. The molecule has 0 aliphatic carbocycles. The number of nitrogens with one attached hydrogen (secondary N) is 1. The zero-order valence-corrected chi connectivity index (χ0v) is 14.2. The summed E-state index contributed by atoms with van der Waals surface area (Å²) in [6.07, 6.45) is 9.86. The second kappa shape index (κ2) is 6.55. The topological polar surface area (TPSA) is 62.5 Å².